The number of anilines is 3. The van der Waals surface area contributed by atoms with Crippen LogP contribution in [-0.2, 0) is 0 Å². The number of nitrogens with one attached hydrogen (secondary N) is 2. The maximum atomic E-state index is 12.9. The second-order valence-corrected chi connectivity index (χ2v) is 8.19. The first-order valence-electron chi connectivity index (χ1n) is 10.3. The Hall–Kier alpha value is -3.81. The number of pyridine rings is 2. The summed E-state index contributed by atoms with van der Waals surface area (Å²) in [6.45, 7) is 0.998. The lowest BCUT2D eigenvalue weighted by atomic mass is 10.0. The Balaban J connectivity index is 1.62. The molecule has 0 radical (unpaired) electrons. The maximum Gasteiger partial charge on any atom is 0.404 e. The van der Waals surface area contributed by atoms with Gasteiger partial charge in [-0.05, 0) is 54.4 Å². The van der Waals surface area contributed by atoms with Gasteiger partial charge >= 0.3 is 5.51 Å². The molecule has 0 bridgehead atoms. The van der Waals surface area contributed by atoms with Crippen molar-refractivity contribution in [3.63, 3.8) is 0 Å². The van der Waals surface area contributed by atoms with Crippen molar-refractivity contribution in [2.75, 3.05) is 28.6 Å². The molecule has 0 aliphatic carbocycles. The fraction of sp³-hybridized carbons (Fsp3) is 0.217. The number of aliphatic hydroxyl groups is 1. The molecule has 1 atom stereocenters. The monoisotopic (exact) mass is 484 g/mol. The van der Waals surface area contributed by atoms with E-state index in [1.54, 1.807) is 18.3 Å². The summed E-state index contributed by atoms with van der Waals surface area (Å²) < 4.78 is 25.7. The Kier molecular flexibility index (Phi) is 6.58. The molecule has 3 N–H and O–H groups in total. The smallest absolute Gasteiger partial charge is 0.391 e. The van der Waals surface area contributed by atoms with Crippen LogP contribution in [0.2, 0.25) is 0 Å². The van der Waals surface area contributed by atoms with Gasteiger partial charge in [0.15, 0.2) is 0 Å². The molecule has 1 amide bonds. The van der Waals surface area contributed by atoms with Gasteiger partial charge in [-0.2, -0.15) is 14.0 Å². The zero-order valence-electron chi connectivity index (χ0n) is 17.7. The minimum Gasteiger partial charge on any atom is -0.391 e. The van der Waals surface area contributed by atoms with E-state index in [1.807, 2.05) is 16.3 Å². The van der Waals surface area contributed by atoms with Gasteiger partial charge in [0.25, 0.3) is 5.91 Å². The number of carbonyl (C=O) groups is 1. The molecule has 0 unspecified atom stereocenters. The van der Waals surface area contributed by atoms with Crippen molar-refractivity contribution < 1.29 is 18.7 Å². The Labute approximate surface area is 198 Å². The SMILES string of the molecule is N#Cc1cncc(-c2cc(C(=O)Nc3ccc(NC(F)(F)Cl)cc3)cnc2N2CC[C@@H](O)C2)c1. The van der Waals surface area contributed by atoms with Gasteiger partial charge in [0, 0.05) is 54.2 Å². The molecule has 1 fully saturated rings. The first-order valence-corrected chi connectivity index (χ1v) is 10.6. The summed E-state index contributed by atoms with van der Waals surface area (Å²) in [6.07, 6.45) is 4.56. The molecule has 0 saturated carbocycles. The molecule has 11 heteroatoms. The first-order chi connectivity index (χ1) is 16.2. The van der Waals surface area contributed by atoms with Crippen LogP contribution in [-0.4, -0.2) is 45.7 Å². The number of β-amino-alcohol motifs (C(OH)–C–C–N with tert-alkyl or cyclic N) is 1. The van der Waals surface area contributed by atoms with Gasteiger partial charge in [-0.15, -0.1) is 0 Å². The van der Waals surface area contributed by atoms with E-state index in [0.29, 0.717) is 47.7 Å². The number of amides is 1. The normalized spacial score (nSPS) is 15.6. The van der Waals surface area contributed by atoms with Gasteiger partial charge in [-0.3, -0.25) is 9.78 Å². The molecule has 3 heterocycles. The fourth-order valence-corrected chi connectivity index (χ4v) is 3.74. The number of aliphatic hydroxyl groups excluding tert-OH is 1. The van der Waals surface area contributed by atoms with Crippen LogP contribution in [0, 0.1) is 11.3 Å². The molecule has 1 saturated heterocycles. The van der Waals surface area contributed by atoms with E-state index in [9.17, 15) is 23.9 Å². The summed E-state index contributed by atoms with van der Waals surface area (Å²) in [5, 5.41) is 23.7. The number of benzene rings is 1. The fourth-order valence-electron chi connectivity index (χ4n) is 3.63. The number of rotatable bonds is 6. The van der Waals surface area contributed by atoms with Crippen LogP contribution in [0.1, 0.15) is 22.3 Å². The van der Waals surface area contributed by atoms with Crippen LogP contribution in [0.15, 0.2) is 55.0 Å². The number of nitrogens with zero attached hydrogens (tertiary/aromatic N) is 4. The van der Waals surface area contributed by atoms with Gasteiger partial charge in [0.05, 0.1) is 17.2 Å². The molecule has 1 aliphatic heterocycles. The van der Waals surface area contributed by atoms with E-state index < -0.39 is 17.5 Å². The van der Waals surface area contributed by atoms with Gasteiger partial charge in [0.2, 0.25) is 0 Å². The molecule has 34 heavy (non-hydrogen) atoms. The summed E-state index contributed by atoms with van der Waals surface area (Å²) in [7, 11) is 0. The molecular weight excluding hydrogens is 466 g/mol. The minimum absolute atomic E-state index is 0.0870. The summed E-state index contributed by atoms with van der Waals surface area (Å²) in [4.78, 5) is 23.4. The van der Waals surface area contributed by atoms with E-state index >= 15 is 0 Å². The van der Waals surface area contributed by atoms with Crippen LogP contribution >= 0.6 is 11.6 Å². The average molecular weight is 485 g/mol. The number of hydrogen-bond acceptors (Lipinski definition) is 7. The lowest BCUT2D eigenvalue weighted by Gasteiger charge is -2.21. The molecule has 4 rings (SSSR count). The molecule has 0 spiro atoms. The van der Waals surface area contributed by atoms with Gasteiger partial charge in [0.1, 0.15) is 11.9 Å². The third-order valence-electron chi connectivity index (χ3n) is 5.20. The molecule has 8 nitrogen and oxygen atoms in total. The Morgan fingerprint density at radius 1 is 1.21 bits per heavy atom. The highest BCUT2D eigenvalue weighted by molar-refractivity contribution is 6.22. The predicted molar refractivity (Wildman–Crippen MR) is 124 cm³/mol. The third-order valence-corrected chi connectivity index (χ3v) is 5.29. The Morgan fingerprint density at radius 2 is 1.94 bits per heavy atom. The predicted octanol–water partition coefficient (Wildman–Crippen LogP) is 4.04. The van der Waals surface area contributed by atoms with E-state index in [2.05, 4.69) is 15.3 Å². The third kappa shape index (κ3) is 5.57. The van der Waals surface area contributed by atoms with Gasteiger partial charge < -0.3 is 20.6 Å². The maximum absolute atomic E-state index is 12.9. The lowest BCUT2D eigenvalue weighted by molar-refractivity contribution is 0.102. The van der Waals surface area contributed by atoms with Crippen molar-refractivity contribution in [3.8, 4) is 17.2 Å². The zero-order valence-corrected chi connectivity index (χ0v) is 18.4. The average Bonchev–Trinajstić information content (AvgIpc) is 3.25. The van der Waals surface area contributed by atoms with Crippen LogP contribution in [0.5, 0.6) is 0 Å². The van der Waals surface area contributed by atoms with Crippen molar-refractivity contribution in [2.45, 2.75) is 18.0 Å². The van der Waals surface area contributed by atoms with E-state index in [4.69, 9.17) is 11.6 Å². The number of halogens is 3. The van der Waals surface area contributed by atoms with Crippen LogP contribution in [0.25, 0.3) is 11.1 Å². The summed E-state index contributed by atoms with van der Waals surface area (Å²) in [5.74, 6) is 0.108. The number of carbonyl (C=O) groups excluding carboxylic acids is 1. The second-order valence-electron chi connectivity index (χ2n) is 7.71. The minimum atomic E-state index is -3.59. The number of nitriles is 1. The number of hydrogen-bond donors (Lipinski definition) is 3. The second kappa shape index (κ2) is 9.59. The summed E-state index contributed by atoms with van der Waals surface area (Å²) in [5.41, 5.74) is -1.31. The lowest BCUT2D eigenvalue weighted by Crippen LogP contribution is -2.23. The van der Waals surface area contributed by atoms with Crippen molar-refractivity contribution in [3.05, 3.63) is 66.1 Å². The Bertz CT molecular complexity index is 1240. The zero-order chi connectivity index (χ0) is 24.3. The Morgan fingerprint density at radius 3 is 2.59 bits per heavy atom. The van der Waals surface area contributed by atoms with E-state index in [-0.39, 0.29) is 11.3 Å². The largest absolute Gasteiger partial charge is 0.404 e. The van der Waals surface area contributed by atoms with Crippen molar-refractivity contribution in [1.29, 1.82) is 5.26 Å². The van der Waals surface area contributed by atoms with E-state index in [0.717, 1.165) is 0 Å². The van der Waals surface area contributed by atoms with Crippen molar-refractivity contribution in [2.24, 2.45) is 0 Å². The highest BCUT2D eigenvalue weighted by atomic mass is 35.5. The van der Waals surface area contributed by atoms with E-state index in [1.165, 1.54) is 36.7 Å². The molecule has 1 aliphatic rings. The van der Waals surface area contributed by atoms with Crippen LogP contribution < -0.4 is 15.5 Å². The molecule has 174 valence electrons. The highest BCUT2D eigenvalue weighted by Gasteiger charge is 2.26. The van der Waals surface area contributed by atoms with Crippen LogP contribution in [0.3, 0.4) is 0 Å². The molecule has 3 aromatic rings. The molecule has 2 aromatic heterocycles. The van der Waals surface area contributed by atoms with Gasteiger partial charge in [-0.1, -0.05) is 0 Å². The number of aromatic nitrogens is 2. The van der Waals surface area contributed by atoms with Gasteiger partial charge in [-0.25, -0.2) is 4.98 Å². The summed E-state index contributed by atoms with van der Waals surface area (Å²) in [6, 6.07) is 11.0. The first kappa shape index (κ1) is 23.4. The van der Waals surface area contributed by atoms with Crippen molar-refractivity contribution in [1.82, 2.24) is 9.97 Å². The standard InChI is InChI=1S/C23H19ClF2N6O2/c24-23(25,26)31-18-3-1-17(2-4-18)30-22(34)16-8-20(15-7-14(9-27)10-28-11-15)21(29-12-16)32-6-5-19(33)13-32/h1-4,7-8,10-12,19,31,33H,5-6,13H2,(H,30,34)/t19-/m1/s1. The van der Waals surface area contributed by atoms with Crippen molar-refractivity contribution >= 4 is 34.7 Å². The molecule has 1 aromatic carbocycles. The summed E-state index contributed by atoms with van der Waals surface area (Å²) >= 11 is 4.86. The highest BCUT2D eigenvalue weighted by Crippen LogP contribution is 2.32. The quantitative estimate of drug-likeness (QED) is 0.357. The molecular formula is C23H19ClF2N6O2. The van der Waals surface area contributed by atoms with Crippen LogP contribution in [0.4, 0.5) is 26.0 Å². The number of alkyl halides is 3. The topological polar surface area (TPSA) is 114 Å².